The van der Waals surface area contributed by atoms with Crippen LogP contribution in [0.25, 0.3) is 0 Å². The predicted octanol–water partition coefficient (Wildman–Crippen LogP) is 4.23. The van der Waals surface area contributed by atoms with E-state index in [1.807, 2.05) is 6.07 Å². The second-order valence-corrected chi connectivity index (χ2v) is 6.63. The minimum atomic E-state index is -4.39. The third-order valence-electron chi connectivity index (χ3n) is 3.55. The molecule has 0 spiro atoms. The molecule has 9 heteroatoms. The van der Waals surface area contributed by atoms with Crippen LogP contribution in [0.2, 0.25) is 0 Å². The van der Waals surface area contributed by atoms with Crippen molar-refractivity contribution in [1.82, 2.24) is 4.90 Å². The van der Waals surface area contributed by atoms with E-state index >= 15 is 0 Å². The van der Waals surface area contributed by atoms with E-state index < -0.39 is 11.5 Å². The molecule has 1 aromatic rings. The third kappa shape index (κ3) is 6.84. The molecule has 1 aliphatic rings. The Morgan fingerprint density at radius 1 is 1.48 bits per heavy atom. The maximum atomic E-state index is 12.5. The zero-order chi connectivity index (χ0) is 18.3. The Labute approximate surface area is 148 Å². The van der Waals surface area contributed by atoms with Gasteiger partial charge in [0.1, 0.15) is 0 Å². The fourth-order valence-corrected chi connectivity index (χ4v) is 3.07. The Bertz CT molecular complexity index is 628. The predicted molar refractivity (Wildman–Crippen MR) is 88.1 cm³/mol. The van der Waals surface area contributed by atoms with Gasteiger partial charge in [0, 0.05) is 30.3 Å². The molecule has 0 radical (unpaired) electrons. The number of halogens is 3. The molecule has 5 nitrogen and oxygen atoms in total. The van der Waals surface area contributed by atoms with Gasteiger partial charge in [0.25, 0.3) is 0 Å². The van der Waals surface area contributed by atoms with Crippen molar-refractivity contribution in [2.24, 2.45) is 0 Å². The van der Waals surface area contributed by atoms with Gasteiger partial charge in [-0.25, -0.2) is 4.79 Å². The number of carbonyl (C=O) groups excluding carboxylic acids is 1. The summed E-state index contributed by atoms with van der Waals surface area (Å²) >= 11 is -0.238. The van der Waals surface area contributed by atoms with Crippen LogP contribution < -0.4 is 5.32 Å². The van der Waals surface area contributed by atoms with Crippen molar-refractivity contribution < 1.29 is 22.7 Å². The summed E-state index contributed by atoms with van der Waals surface area (Å²) in [6, 6.07) is 7.09. The molecule has 0 saturated carbocycles. The van der Waals surface area contributed by atoms with E-state index in [2.05, 4.69) is 5.32 Å². The molecule has 1 unspecified atom stereocenters. The second-order valence-electron chi connectivity index (χ2n) is 5.49. The van der Waals surface area contributed by atoms with E-state index in [9.17, 15) is 18.0 Å². The molecule has 136 valence electrons. The number of nitriles is 1. The fraction of sp³-hybridized carbons (Fsp3) is 0.500. The average molecular weight is 373 g/mol. The maximum absolute atomic E-state index is 12.5. The van der Waals surface area contributed by atoms with Crippen molar-refractivity contribution in [3.63, 3.8) is 0 Å². The van der Waals surface area contributed by atoms with Crippen molar-refractivity contribution in [2.45, 2.75) is 35.8 Å². The topological polar surface area (TPSA) is 65.4 Å². The average Bonchev–Trinajstić information content (AvgIpc) is 3.03. The van der Waals surface area contributed by atoms with Gasteiger partial charge in [-0.2, -0.15) is 18.4 Å². The van der Waals surface area contributed by atoms with Gasteiger partial charge in [-0.15, -0.1) is 0 Å². The van der Waals surface area contributed by atoms with Crippen LogP contribution in [0.3, 0.4) is 0 Å². The van der Waals surface area contributed by atoms with Crippen molar-refractivity contribution in [2.75, 3.05) is 25.0 Å². The number of nitrogens with zero attached hydrogens (tertiary/aromatic N) is 2. The van der Waals surface area contributed by atoms with Crippen LogP contribution in [0, 0.1) is 11.3 Å². The first-order valence-corrected chi connectivity index (χ1v) is 8.59. The molecule has 0 aromatic heterocycles. The highest BCUT2D eigenvalue weighted by molar-refractivity contribution is 8.00. The van der Waals surface area contributed by atoms with Crippen LogP contribution in [0.1, 0.15) is 19.3 Å². The number of alkyl halides is 3. The lowest BCUT2D eigenvalue weighted by atomic mass is 10.2. The monoisotopic (exact) mass is 373 g/mol. The van der Waals surface area contributed by atoms with E-state index in [4.69, 9.17) is 10.00 Å². The molecule has 2 rings (SSSR count). The number of nitrogens with one attached hydrogen (secondary N) is 1. The van der Waals surface area contributed by atoms with Crippen molar-refractivity contribution >= 4 is 23.5 Å². The van der Waals surface area contributed by atoms with E-state index in [1.54, 1.807) is 0 Å². The molecule has 1 atom stereocenters. The van der Waals surface area contributed by atoms with Gasteiger partial charge in [-0.3, -0.25) is 0 Å². The van der Waals surface area contributed by atoms with Crippen LogP contribution in [0.4, 0.5) is 23.7 Å². The summed E-state index contributed by atoms with van der Waals surface area (Å²) in [5, 5.41) is 11.3. The number of thioether (sulfide) groups is 1. The summed E-state index contributed by atoms with van der Waals surface area (Å²) in [6.07, 6.45) is 1.87. The number of benzene rings is 1. The number of anilines is 1. The highest BCUT2D eigenvalue weighted by Crippen LogP contribution is 2.37. The highest BCUT2D eigenvalue weighted by atomic mass is 32.2. The van der Waals surface area contributed by atoms with Gasteiger partial charge in [0.2, 0.25) is 0 Å². The van der Waals surface area contributed by atoms with Crippen LogP contribution in [0.15, 0.2) is 29.2 Å². The van der Waals surface area contributed by atoms with Gasteiger partial charge in [-0.05, 0) is 42.8 Å². The second kappa shape index (κ2) is 8.97. The minimum Gasteiger partial charge on any atom is -0.376 e. The molecule has 25 heavy (non-hydrogen) atoms. The Hall–Kier alpha value is -1.92. The number of carbonyl (C=O) groups is 1. The van der Waals surface area contributed by atoms with Gasteiger partial charge < -0.3 is 15.0 Å². The lowest BCUT2D eigenvalue weighted by molar-refractivity contribution is -0.0328. The Morgan fingerprint density at radius 2 is 2.28 bits per heavy atom. The Balaban J connectivity index is 2.01. The van der Waals surface area contributed by atoms with Crippen LogP contribution in [0.5, 0.6) is 0 Å². The number of hydrogen-bond acceptors (Lipinski definition) is 4. The molecule has 0 bridgehead atoms. The summed E-state index contributed by atoms with van der Waals surface area (Å²) in [7, 11) is 0. The fourth-order valence-electron chi connectivity index (χ4n) is 2.47. The minimum absolute atomic E-state index is 0.00648. The zero-order valence-electron chi connectivity index (χ0n) is 13.4. The Kier molecular flexibility index (Phi) is 6.96. The summed E-state index contributed by atoms with van der Waals surface area (Å²) in [5.74, 6) is 0. The van der Waals surface area contributed by atoms with Crippen molar-refractivity contribution in [3.05, 3.63) is 24.3 Å². The summed E-state index contributed by atoms with van der Waals surface area (Å²) in [4.78, 5) is 13.9. The summed E-state index contributed by atoms with van der Waals surface area (Å²) in [5.41, 5.74) is -4.12. The number of hydrogen-bond donors (Lipinski definition) is 1. The molecule has 1 aliphatic heterocycles. The molecule has 1 saturated heterocycles. The lowest BCUT2D eigenvalue weighted by Gasteiger charge is -2.25. The molecule has 1 fully saturated rings. The molecular formula is C16H18F3N3O2S. The van der Waals surface area contributed by atoms with Gasteiger partial charge in [0.15, 0.2) is 0 Å². The van der Waals surface area contributed by atoms with Crippen LogP contribution >= 0.6 is 11.8 Å². The number of urea groups is 1. The van der Waals surface area contributed by atoms with Gasteiger partial charge in [-0.1, -0.05) is 6.07 Å². The first kappa shape index (κ1) is 19.4. The van der Waals surface area contributed by atoms with E-state index in [1.165, 1.54) is 29.2 Å². The Morgan fingerprint density at radius 3 is 2.92 bits per heavy atom. The van der Waals surface area contributed by atoms with E-state index in [-0.39, 0.29) is 41.4 Å². The van der Waals surface area contributed by atoms with Crippen LogP contribution in [-0.2, 0) is 4.74 Å². The molecule has 1 heterocycles. The number of ether oxygens (including phenoxy) is 1. The van der Waals surface area contributed by atoms with Crippen molar-refractivity contribution in [1.29, 1.82) is 5.26 Å². The van der Waals surface area contributed by atoms with Gasteiger partial charge >= 0.3 is 11.5 Å². The largest absolute Gasteiger partial charge is 0.446 e. The normalized spacial score (nSPS) is 17.1. The number of amides is 2. The lowest BCUT2D eigenvalue weighted by Crippen LogP contribution is -2.40. The smallest absolute Gasteiger partial charge is 0.376 e. The molecule has 1 aromatic carbocycles. The molecule has 2 amide bonds. The SMILES string of the molecule is N#CCCN(CC1CCCO1)C(=O)Nc1cccc(SC(F)(F)F)c1. The summed E-state index contributed by atoms with van der Waals surface area (Å²) < 4.78 is 42.9. The third-order valence-corrected chi connectivity index (χ3v) is 4.27. The molecule has 0 aliphatic carbocycles. The van der Waals surface area contributed by atoms with E-state index in [0.717, 1.165) is 12.8 Å². The van der Waals surface area contributed by atoms with Gasteiger partial charge in [0.05, 0.1) is 18.6 Å². The van der Waals surface area contributed by atoms with E-state index in [0.29, 0.717) is 13.2 Å². The first-order chi connectivity index (χ1) is 11.9. The quantitative estimate of drug-likeness (QED) is 0.758. The summed E-state index contributed by atoms with van der Waals surface area (Å²) in [6.45, 7) is 1.23. The zero-order valence-corrected chi connectivity index (χ0v) is 14.2. The standard InChI is InChI=1S/C16H18F3N3O2S/c17-16(18,19)25-14-6-1-4-12(10-14)21-15(23)22(8-3-7-20)11-13-5-2-9-24-13/h1,4,6,10,13H,2-3,5,8-9,11H2,(H,21,23). The first-order valence-electron chi connectivity index (χ1n) is 7.77. The molecule has 1 N–H and O–H groups in total. The highest BCUT2D eigenvalue weighted by Gasteiger charge is 2.29. The number of rotatable bonds is 6. The van der Waals surface area contributed by atoms with Crippen molar-refractivity contribution in [3.8, 4) is 6.07 Å². The van der Waals surface area contributed by atoms with Crippen LogP contribution in [-0.4, -0.2) is 42.2 Å². The maximum Gasteiger partial charge on any atom is 0.446 e. The molecular weight excluding hydrogens is 355 g/mol.